The molecule has 2 rings (SSSR count). The molecule has 0 bridgehead atoms. The first-order valence-electron chi connectivity index (χ1n) is 6.10. The number of nitrogens with zero attached hydrogens (tertiary/aromatic N) is 2. The van der Waals surface area contributed by atoms with Crippen molar-refractivity contribution in [2.75, 3.05) is 5.75 Å². The zero-order chi connectivity index (χ0) is 13.2. The number of nitrogens with one attached hydrogen (secondary N) is 2. The van der Waals surface area contributed by atoms with Crippen LogP contribution < -0.4 is 11.1 Å². The lowest BCUT2D eigenvalue weighted by molar-refractivity contribution is -0.124. The number of primary amides is 1. The first kappa shape index (κ1) is 13.4. The van der Waals surface area contributed by atoms with Crippen LogP contribution in [0.2, 0.25) is 0 Å². The Labute approximate surface area is 111 Å². The van der Waals surface area contributed by atoms with Gasteiger partial charge in [0.1, 0.15) is 11.9 Å². The first-order chi connectivity index (χ1) is 8.54. The van der Waals surface area contributed by atoms with E-state index in [1.807, 2.05) is 13.8 Å². The number of H-pyrrole nitrogens is 1. The summed E-state index contributed by atoms with van der Waals surface area (Å²) in [4.78, 5) is 16.0. The maximum atomic E-state index is 11.9. The van der Waals surface area contributed by atoms with Crippen molar-refractivity contribution in [1.29, 1.82) is 0 Å². The Hall–Kier alpha value is -1.08. The summed E-state index contributed by atoms with van der Waals surface area (Å²) < 4.78 is 0. The molecule has 1 aromatic rings. The van der Waals surface area contributed by atoms with Gasteiger partial charge in [0.2, 0.25) is 5.91 Å². The standard InChI is InChI=1S/C11H19N5OS/c1-7(2)15-11(9(12)17,8-3-4-8)5-18-10-13-6-14-16-10/h6-8,15H,3-5H2,1-2H3,(H2,12,17)(H,13,14,16). The molecular weight excluding hydrogens is 250 g/mol. The van der Waals surface area contributed by atoms with Gasteiger partial charge in [0, 0.05) is 11.8 Å². The molecule has 1 fully saturated rings. The molecule has 0 saturated heterocycles. The molecule has 1 aromatic heterocycles. The van der Waals surface area contributed by atoms with Crippen molar-refractivity contribution in [2.45, 2.75) is 43.4 Å². The quantitative estimate of drug-likeness (QED) is 0.627. The summed E-state index contributed by atoms with van der Waals surface area (Å²) in [7, 11) is 0. The fourth-order valence-electron chi connectivity index (χ4n) is 2.16. The number of carbonyl (C=O) groups is 1. The van der Waals surface area contributed by atoms with Crippen LogP contribution in [0.3, 0.4) is 0 Å². The van der Waals surface area contributed by atoms with Gasteiger partial charge in [-0.15, -0.1) is 0 Å². The molecule has 0 spiro atoms. The maximum absolute atomic E-state index is 11.9. The fraction of sp³-hybridized carbons (Fsp3) is 0.727. The minimum Gasteiger partial charge on any atom is -0.368 e. The van der Waals surface area contributed by atoms with Gasteiger partial charge in [-0.25, -0.2) is 4.98 Å². The second kappa shape index (κ2) is 5.27. The lowest BCUT2D eigenvalue weighted by atomic mass is 9.93. The van der Waals surface area contributed by atoms with Gasteiger partial charge in [-0.1, -0.05) is 11.8 Å². The smallest absolute Gasteiger partial charge is 0.238 e. The molecular formula is C11H19N5OS. The van der Waals surface area contributed by atoms with Gasteiger partial charge >= 0.3 is 0 Å². The lowest BCUT2D eigenvalue weighted by Crippen LogP contribution is -2.61. The van der Waals surface area contributed by atoms with E-state index in [9.17, 15) is 4.79 Å². The van der Waals surface area contributed by atoms with Gasteiger partial charge in [-0.05, 0) is 32.6 Å². The van der Waals surface area contributed by atoms with E-state index in [1.165, 1.54) is 18.1 Å². The molecule has 18 heavy (non-hydrogen) atoms. The van der Waals surface area contributed by atoms with Crippen LogP contribution in [0.1, 0.15) is 26.7 Å². The number of hydrogen-bond acceptors (Lipinski definition) is 5. The summed E-state index contributed by atoms with van der Waals surface area (Å²) in [5, 5.41) is 10.7. The van der Waals surface area contributed by atoms with Crippen LogP contribution in [0.15, 0.2) is 11.5 Å². The minimum atomic E-state index is -0.633. The van der Waals surface area contributed by atoms with Crippen molar-refractivity contribution in [3.63, 3.8) is 0 Å². The van der Waals surface area contributed by atoms with Crippen molar-refractivity contribution in [3.05, 3.63) is 6.33 Å². The van der Waals surface area contributed by atoms with Crippen LogP contribution in [-0.2, 0) is 4.79 Å². The van der Waals surface area contributed by atoms with Crippen LogP contribution in [0.5, 0.6) is 0 Å². The van der Waals surface area contributed by atoms with Gasteiger partial charge in [-0.3, -0.25) is 9.89 Å². The molecule has 100 valence electrons. The monoisotopic (exact) mass is 269 g/mol. The highest BCUT2D eigenvalue weighted by Gasteiger charge is 2.50. The van der Waals surface area contributed by atoms with Crippen molar-refractivity contribution in [2.24, 2.45) is 11.7 Å². The number of aromatic nitrogens is 3. The molecule has 1 saturated carbocycles. The highest BCUT2D eigenvalue weighted by atomic mass is 32.2. The summed E-state index contributed by atoms with van der Waals surface area (Å²) >= 11 is 1.48. The summed E-state index contributed by atoms with van der Waals surface area (Å²) in [6.45, 7) is 4.05. The Balaban J connectivity index is 2.10. The maximum Gasteiger partial charge on any atom is 0.238 e. The number of thioether (sulfide) groups is 1. The second-order valence-corrected chi connectivity index (χ2v) is 5.95. The Kier molecular flexibility index (Phi) is 3.91. The molecule has 1 heterocycles. The molecule has 1 unspecified atom stereocenters. The van der Waals surface area contributed by atoms with Crippen molar-refractivity contribution in [3.8, 4) is 0 Å². The summed E-state index contributed by atoms with van der Waals surface area (Å²) in [5.41, 5.74) is 5.01. The second-order valence-electron chi connectivity index (χ2n) is 4.99. The summed E-state index contributed by atoms with van der Waals surface area (Å²) in [6.07, 6.45) is 3.57. The number of carbonyl (C=O) groups excluding carboxylic acids is 1. The molecule has 1 aliphatic carbocycles. The van der Waals surface area contributed by atoms with E-state index in [2.05, 4.69) is 20.5 Å². The molecule has 0 radical (unpaired) electrons. The zero-order valence-corrected chi connectivity index (χ0v) is 11.5. The number of rotatable bonds is 7. The van der Waals surface area contributed by atoms with Gasteiger partial charge in [0.25, 0.3) is 0 Å². The molecule has 7 heteroatoms. The fourth-order valence-corrected chi connectivity index (χ4v) is 3.22. The van der Waals surface area contributed by atoms with Crippen LogP contribution in [0.4, 0.5) is 0 Å². The van der Waals surface area contributed by atoms with Crippen molar-refractivity contribution >= 4 is 17.7 Å². The van der Waals surface area contributed by atoms with Crippen LogP contribution in [0, 0.1) is 5.92 Å². The predicted molar refractivity (Wildman–Crippen MR) is 70.0 cm³/mol. The van der Waals surface area contributed by atoms with Crippen LogP contribution in [0.25, 0.3) is 0 Å². The third-order valence-electron chi connectivity index (χ3n) is 3.09. The number of hydrogen-bond donors (Lipinski definition) is 3. The summed E-state index contributed by atoms with van der Waals surface area (Å²) in [6, 6.07) is 0.216. The summed E-state index contributed by atoms with van der Waals surface area (Å²) in [5.74, 6) is 0.652. The molecule has 6 nitrogen and oxygen atoms in total. The lowest BCUT2D eigenvalue weighted by Gasteiger charge is -2.33. The van der Waals surface area contributed by atoms with E-state index in [-0.39, 0.29) is 11.9 Å². The van der Waals surface area contributed by atoms with Crippen LogP contribution >= 0.6 is 11.8 Å². The third-order valence-corrected chi connectivity index (χ3v) is 4.16. The number of amides is 1. The van der Waals surface area contributed by atoms with E-state index in [0.29, 0.717) is 16.8 Å². The van der Waals surface area contributed by atoms with Gasteiger partial charge in [0.05, 0.1) is 0 Å². The molecule has 1 aliphatic rings. The first-order valence-corrected chi connectivity index (χ1v) is 7.09. The van der Waals surface area contributed by atoms with E-state index >= 15 is 0 Å². The van der Waals surface area contributed by atoms with Gasteiger partial charge in [0.15, 0.2) is 5.16 Å². The Bertz CT molecular complexity index is 404. The molecule has 0 aliphatic heterocycles. The largest absolute Gasteiger partial charge is 0.368 e. The van der Waals surface area contributed by atoms with E-state index in [1.54, 1.807) is 0 Å². The highest BCUT2D eigenvalue weighted by Crippen LogP contribution is 2.42. The topological polar surface area (TPSA) is 96.7 Å². The Morgan fingerprint density at radius 1 is 1.72 bits per heavy atom. The normalized spacial score (nSPS) is 18.8. The van der Waals surface area contributed by atoms with Gasteiger partial charge in [-0.2, -0.15) is 5.10 Å². The SMILES string of the molecule is CC(C)NC(CSc1ncn[nH]1)(C(N)=O)C1CC1. The number of aromatic amines is 1. The molecule has 0 aromatic carbocycles. The van der Waals surface area contributed by atoms with Gasteiger partial charge < -0.3 is 11.1 Å². The highest BCUT2D eigenvalue weighted by molar-refractivity contribution is 7.99. The Morgan fingerprint density at radius 3 is 2.89 bits per heavy atom. The average molecular weight is 269 g/mol. The molecule has 1 atom stereocenters. The third kappa shape index (κ3) is 2.84. The number of nitrogens with two attached hydrogens (primary N) is 1. The van der Waals surface area contributed by atoms with Crippen molar-refractivity contribution in [1.82, 2.24) is 20.5 Å². The zero-order valence-electron chi connectivity index (χ0n) is 10.6. The minimum absolute atomic E-state index is 0.216. The van der Waals surface area contributed by atoms with Crippen LogP contribution in [-0.4, -0.2) is 38.4 Å². The Morgan fingerprint density at radius 2 is 2.44 bits per heavy atom. The molecule has 1 amide bonds. The van der Waals surface area contributed by atoms with E-state index in [0.717, 1.165) is 12.8 Å². The van der Waals surface area contributed by atoms with E-state index in [4.69, 9.17) is 5.73 Å². The molecule has 4 N–H and O–H groups in total. The predicted octanol–water partition coefficient (Wildman–Crippen LogP) is 0.529. The average Bonchev–Trinajstić information content (AvgIpc) is 3.01. The van der Waals surface area contributed by atoms with Crippen molar-refractivity contribution < 1.29 is 4.79 Å². The van der Waals surface area contributed by atoms with E-state index < -0.39 is 5.54 Å².